The van der Waals surface area contributed by atoms with Gasteiger partial charge in [0.05, 0.1) is 22.4 Å². The minimum absolute atomic E-state index is 0.0484. The van der Waals surface area contributed by atoms with E-state index in [0.717, 1.165) is 27.9 Å². The lowest BCUT2D eigenvalue weighted by atomic mass is 9.91. The van der Waals surface area contributed by atoms with Crippen LogP contribution in [0.1, 0.15) is 37.7 Å². The Morgan fingerprint density at radius 1 is 0.815 bits per heavy atom. The van der Waals surface area contributed by atoms with E-state index < -0.39 is 10.2 Å². The average Bonchev–Trinajstić information content (AvgIpc) is 2.58. The fourth-order valence-electron chi connectivity index (χ4n) is 2.27. The first-order chi connectivity index (χ1) is 12.5. The van der Waals surface area contributed by atoms with Crippen LogP contribution in [0.25, 0.3) is 11.0 Å². The van der Waals surface area contributed by atoms with E-state index in [1.165, 1.54) is 0 Å². The average molecular weight is 387 g/mol. The number of para-hydroxylation sites is 1. The monoisotopic (exact) mass is 386 g/mol. The molecule has 0 unspecified atom stereocenters. The zero-order valence-electron chi connectivity index (χ0n) is 15.2. The molecular weight excluding hydrogens is 368 g/mol. The summed E-state index contributed by atoms with van der Waals surface area (Å²) in [5.74, 6) is 7.49. The Balaban J connectivity index is 0.000000465. The van der Waals surface area contributed by atoms with Crippen LogP contribution in [-0.2, 0) is 5.41 Å². The molecule has 0 aliphatic rings. The molecule has 2 aromatic carbocycles. The van der Waals surface area contributed by atoms with Crippen LogP contribution in [0.15, 0.2) is 65.1 Å². The van der Waals surface area contributed by atoms with Gasteiger partial charge in [-0.15, -0.1) is 10.2 Å². The maximum Gasteiger partial charge on any atom is 0.361 e. The van der Waals surface area contributed by atoms with Gasteiger partial charge >= 0.3 is 11.3 Å². The Morgan fingerprint density at radius 3 is 1.96 bits per heavy atom. The maximum atomic E-state index is 8.49. The fourth-order valence-corrected chi connectivity index (χ4v) is 2.27. The first-order valence-corrected chi connectivity index (χ1v) is 9.33. The molecule has 3 aromatic rings. The molecule has 0 N–H and O–H groups in total. The van der Waals surface area contributed by atoms with Crippen molar-refractivity contribution in [3.63, 3.8) is 0 Å². The smallest absolute Gasteiger partial charge is 0.222 e. The van der Waals surface area contributed by atoms with E-state index in [9.17, 15) is 0 Å². The topological polar surface area (TPSA) is 104 Å². The molecule has 0 aliphatic carbocycles. The Morgan fingerprint density at radius 2 is 1.37 bits per heavy atom. The maximum absolute atomic E-state index is 8.49. The third-order valence-corrected chi connectivity index (χ3v) is 3.53. The van der Waals surface area contributed by atoms with Gasteiger partial charge in [0.15, 0.2) is 0 Å². The van der Waals surface area contributed by atoms with Gasteiger partial charge in [-0.05, 0) is 39.0 Å². The predicted octanol–water partition coefficient (Wildman–Crippen LogP) is 0.655. The molecule has 0 saturated carbocycles. The summed E-state index contributed by atoms with van der Waals surface area (Å²) in [4.78, 5) is 0. The molecule has 1 aromatic heterocycles. The minimum atomic E-state index is -4.94. The van der Waals surface area contributed by atoms with Crippen LogP contribution in [-0.4, -0.2) is 0 Å². The largest absolute Gasteiger partial charge is 0.361 e. The van der Waals surface area contributed by atoms with Gasteiger partial charge < -0.3 is 0 Å². The number of hydrogen-bond donors (Lipinski definition) is 0. The predicted molar refractivity (Wildman–Crippen MR) is 91.7 cm³/mol. The fraction of sp³-hybridized carbons (Fsp3) is 0.190. The van der Waals surface area contributed by atoms with Crippen LogP contribution in [0.3, 0.4) is 0 Å². The van der Waals surface area contributed by atoms with E-state index in [-0.39, 0.29) is 5.41 Å². The molecule has 0 fully saturated rings. The number of hydrogen-bond acceptors (Lipinski definition) is 4. The van der Waals surface area contributed by atoms with Gasteiger partial charge in [0.2, 0.25) is 0 Å². The summed E-state index contributed by atoms with van der Waals surface area (Å²) in [5.41, 5.74) is 2.86. The van der Waals surface area contributed by atoms with Crippen molar-refractivity contribution in [2.24, 2.45) is 0 Å². The van der Waals surface area contributed by atoms with Gasteiger partial charge in [0.1, 0.15) is 0 Å². The molecular formula is C21H19ClO5. The highest BCUT2D eigenvalue weighted by Gasteiger charge is 2.28. The van der Waals surface area contributed by atoms with E-state index in [4.69, 9.17) is 23.1 Å². The van der Waals surface area contributed by atoms with Gasteiger partial charge in [0.25, 0.3) is 0 Å². The van der Waals surface area contributed by atoms with E-state index >= 15 is 0 Å². The zero-order chi connectivity index (χ0) is 20.1. The Hall–Kier alpha value is -2.46. The molecule has 0 spiro atoms. The molecule has 1 heterocycles. The molecule has 0 radical (unpaired) electrons. The molecule has 0 bridgehead atoms. The van der Waals surface area contributed by atoms with E-state index in [1.54, 1.807) is 0 Å². The van der Waals surface area contributed by atoms with Gasteiger partial charge in [-0.1, -0.05) is 42.2 Å². The normalized spacial score (nSPS) is 11.2. The van der Waals surface area contributed by atoms with Crippen LogP contribution in [0.5, 0.6) is 0 Å². The SMILES string of the molecule is CC(C)(C)c1cc(C#Cc2ccccc2)c2ccccc2[o+]1.[O-][Cl+3]([O-])([O-])[O-]. The van der Waals surface area contributed by atoms with Gasteiger partial charge in [-0.2, -0.15) is 0 Å². The summed E-state index contributed by atoms with van der Waals surface area (Å²) >= 11 is 0. The summed E-state index contributed by atoms with van der Waals surface area (Å²) < 4.78 is 40.0. The third-order valence-electron chi connectivity index (χ3n) is 3.53. The highest BCUT2D eigenvalue weighted by atomic mass is 35.7. The molecule has 0 saturated heterocycles. The standard InChI is InChI=1S/C21H19O.ClHO4/c1-21(2,3)20-15-17(14-13-16-9-5-4-6-10-16)18-11-7-8-12-19(18)22-20;2-1(3,4)5/h4-12,15H,1-3H3;(H,2,3,4,5)/q+1;/p-1. The van der Waals surface area contributed by atoms with Gasteiger partial charge in [-0.25, -0.2) is 23.1 Å². The van der Waals surface area contributed by atoms with Crippen molar-refractivity contribution in [3.8, 4) is 11.8 Å². The molecule has 6 heteroatoms. The molecule has 0 aliphatic heterocycles. The summed E-state index contributed by atoms with van der Waals surface area (Å²) in [7, 11) is -4.94. The molecule has 0 amide bonds. The number of halogens is 1. The molecule has 3 rings (SSSR count). The van der Waals surface area contributed by atoms with Crippen LogP contribution in [0.2, 0.25) is 0 Å². The van der Waals surface area contributed by atoms with Gasteiger partial charge in [-0.3, -0.25) is 0 Å². The lowest BCUT2D eigenvalue weighted by Gasteiger charge is -2.17. The number of rotatable bonds is 0. The quantitative estimate of drug-likeness (QED) is 0.417. The summed E-state index contributed by atoms with van der Waals surface area (Å²) in [5, 5.41) is 1.05. The van der Waals surface area contributed by atoms with E-state index in [1.807, 2.05) is 48.5 Å². The molecule has 27 heavy (non-hydrogen) atoms. The Kier molecular flexibility index (Phi) is 6.55. The first kappa shape index (κ1) is 20.8. The highest BCUT2D eigenvalue weighted by molar-refractivity contribution is 5.83. The number of benzene rings is 2. The molecule has 140 valence electrons. The number of fused-ring (bicyclic) bond motifs is 1. The van der Waals surface area contributed by atoms with Crippen molar-refractivity contribution in [2.45, 2.75) is 26.2 Å². The van der Waals surface area contributed by atoms with Gasteiger partial charge in [0, 0.05) is 11.6 Å². The molecule has 0 atom stereocenters. The van der Waals surface area contributed by atoms with Crippen molar-refractivity contribution in [3.05, 3.63) is 77.6 Å². The summed E-state index contributed by atoms with van der Waals surface area (Å²) in [6, 6.07) is 20.2. The summed E-state index contributed by atoms with van der Waals surface area (Å²) in [6.07, 6.45) is 0. The first-order valence-electron chi connectivity index (χ1n) is 8.09. The Labute approximate surface area is 160 Å². The zero-order valence-corrected chi connectivity index (χ0v) is 15.9. The van der Waals surface area contributed by atoms with Crippen LogP contribution in [0.4, 0.5) is 0 Å². The highest BCUT2D eigenvalue weighted by Crippen LogP contribution is 2.28. The van der Waals surface area contributed by atoms with Crippen LogP contribution in [0, 0.1) is 22.1 Å². The second-order valence-corrected chi connectivity index (χ2v) is 7.52. The van der Waals surface area contributed by atoms with Crippen molar-refractivity contribution >= 4 is 11.0 Å². The van der Waals surface area contributed by atoms with Crippen molar-refractivity contribution < 1.29 is 33.3 Å². The van der Waals surface area contributed by atoms with E-state index in [2.05, 4.69) is 44.7 Å². The lowest BCUT2D eigenvalue weighted by Crippen LogP contribution is -2.68. The third kappa shape index (κ3) is 6.99. The van der Waals surface area contributed by atoms with Crippen molar-refractivity contribution in [1.82, 2.24) is 0 Å². The van der Waals surface area contributed by atoms with Crippen molar-refractivity contribution in [1.29, 1.82) is 0 Å². The lowest BCUT2D eigenvalue weighted by molar-refractivity contribution is -2.00. The Bertz CT molecular complexity index is 955. The summed E-state index contributed by atoms with van der Waals surface area (Å²) in [6.45, 7) is 6.44. The second kappa shape index (κ2) is 8.49. The van der Waals surface area contributed by atoms with Crippen LogP contribution < -0.4 is 18.6 Å². The van der Waals surface area contributed by atoms with Crippen LogP contribution >= 0.6 is 0 Å². The van der Waals surface area contributed by atoms with Crippen molar-refractivity contribution in [2.75, 3.05) is 0 Å². The minimum Gasteiger partial charge on any atom is -0.222 e. The second-order valence-electron chi connectivity index (χ2n) is 6.76. The molecule has 5 nitrogen and oxygen atoms in total. The van der Waals surface area contributed by atoms with E-state index in [0.29, 0.717) is 0 Å².